The standard InChI is InChI=1S/C20H20N4O5/c25-20(16-9-18(23(26)27)11-19(10-16)24(28)29)22-8-6-17(13-22)21-7-5-14-3-1-2-4-15(14)12-21/h1-4,9-11,17H,5-8,12-13H2/t17-/m0/s1. The number of nitro benzene ring substituents is 2. The lowest BCUT2D eigenvalue weighted by atomic mass is 9.98. The van der Waals surface area contributed by atoms with Crippen LogP contribution in [0.15, 0.2) is 42.5 Å². The first kappa shape index (κ1) is 19.0. The Kier molecular flexibility index (Phi) is 4.98. The molecule has 2 heterocycles. The van der Waals surface area contributed by atoms with Gasteiger partial charge in [0, 0.05) is 44.4 Å². The summed E-state index contributed by atoms with van der Waals surface area (Å²) in [7, 11) is 0. The van der Waals surface area contributed by atoms with Gasteiger partial charge in [-0.3, -0.25) is 29.9 Å². The van der Waals surface area contributed by atoms with Crippen LogP contribution in [0, 0.1) is 20.2 Å². The minimum absolute atomic E-state index is 0.0180. The number of fused-ring (bicyclic) bond motifs is 1. The molecule has 0 radical (unpaired) electrons. The number of nitro groups is 2. The molecule has 2 aromatic carbocycles. The number of benzene rings is 2. The molecule has 0 N–H and O–H groups in total. The van der Waals surface area contributed by atoms with E-state index in [1.165, 1.54) is 11.1 Å². The Hall–Kier alpha value is -3.33. The summed E-state index contributed by atoms with van der Waals surface area (Å²) < 4.78 is 0. The van der Waals surface area contributed by atoms with E-state index >= 15 is 0 Å². The summed E-state index contributed by atoms with van der Waals surface area (Å²) in [5, 5.41) is 22.2. The maximum Gasteiger partial charge on any atom is 0.277 e. The number of carbonyl (C=O) groups is 1. The summed E-state index contributed by atoms with van der Waals surface area (Å²) in [6.45, 7) is 2.80. The van der Waals surface area contributed by atoms with Gasteiger partial charge in [0.15, 0.2) is 0 Å². The number of likely N-dealkylation sites (tertiary alicyclic amines) is 1. The Morgan fingerprint density at radius 2 is 1.62 bits per heavy atom. The molecule has 9 nitrogen and oxygen atoms in total. The molecule has 150 valence electrons. The highest BCUT2D eigenvalue weighted by atomic mass is 16.6. The van der Waals surface area contributed by atoms with Gasteiger partial charge in [-0.1, -0.05) is 24.3 Å². The smallest absolute Gasteiger partial charge is 0.277 e. The van der Waals surface area contributed by atoms with Crippen LogP contribution >= 0.6 is 0 Å². The molecule has 1 fully saturated rings. The summed E-state index contributed by atoms with van der Waals surface area (Å²) in [5.74, 6) is -0.406. The van der Waals surface area contributed by atoms with Crippen LogP contribution in [-0.2, 0) is 13.0 Å². The van der Waals surface area contributed by atoms with Gasteiger partial charge in [-0.2, -0.15) is 0 Å². The largest absolute Gasteiger partial charge is 0.337 e. The first-order valence-corrected chi connectivity index (χ1v) is 9.46. The lowest BCUT2D eigenvalue weighted by molar-refractivity contribution is -0.394. The SMILES string of the molecule is O=C(c1cc([N+](=O)[O-])cc([N+](=O)[O-])c1)N1CC[C@H](N2CCc3ccccc3C2)C1. The molecule has 4 rings (SSSR count). The van der Waals surface area contributed by atoms with E-state index in [-0.39, 0.29) is 11.6 Å². The van der Waals surface area contributed by atoms with E-state index in [2.05, 4.69) is 17.0 Å². The van der Waals surface area contributed by atoms with Gasteiger partial charge in [-0.15, -0.1) is 0 Å². The molecule has 0 unspecified atom stereocenters. The van der Waals surface area contributed by atoms with E-state index in [4.69, 9.17) is 0 Å². The van der Waals surface area contributed by atoms with Gasteiger partial charge >= 0.3 is 0 Å². The normalized spacial score (nSPS) is 19.0. The van der Waals surface area contributed by atoms with E-state index in [0.29, 0.717) is 13.1 Å². The van der Waals surface area contributed by atoms with Gasteiger partial charge < -0.3 is 4.90 Å². The topological polar surface area (TPSA) is 110 Å². The minimum Gasteiger partial charge on any atom is -0.337 e. The van der Waals surface area contributed by atoms with E-state index in [1.807, 2.05) is 12.1 Å². The molecule has 0 aliphatic carbocycles. The van der Waals surface area contributed by atoms with Crippen molar-refractivity contribution < 1.29 is 14.6 Å². The monoisotopic (exact) mass is 396 g/mol. The average Bonchev–Trinajstić information content (AvgIpc) is 3.22. The fourth-order valence-corrected chi connectivity index (χ4v) is 4.17. The summed E-state index contributed by atoms with van der Waals surface area (Å²) in [5.41, 5.74) is 1.74. The van der Waals surface area contributed by atoms with Crippen molar-refractivity contribution in [3.8, 4) is 0 Å². The van der Waals surface area contributed by atoms with Crippen LogP contribution < -0.4 is 0 Å². The quantitative estimate of drug-likeness (QED) is 0.581. The summed E-state index contributed by atoms with van der Waals surface area (Å²) in [6, 6.07) is 11.6. The number of hydrogen-bond donors (Lipinski definition) is 0. The van der Waals surface area contributed by atoms with E-state index < -0.39 is 27.1 Å². The minimum atomic E-state index is -0.720. The van der Waals surface area contributed by atoms with Crippen molar-refractivity contribution in [1.29, 1.82) is 0 Å². The second-order valence-corrected chi connectivity index (χ2v) is 7.44. The third-order valence-electron chi connectivity index (χ3n) is 5.70. The molecular formula is C20H20N4O5. The summed E-state index contributed by atoms with van der Waals surface area (Å²) in [6.07, 6.45) is 1.78. The predicted octanol–water partition coefficient (Wildman–Crippen LogP) is 2.78. The predicted molar refractivity (Wildman–Crippen MR) is 105 cm³/mol. The highest BCUT2D eigenvalue weighted by molar-refractivity contribution is 5.95. The molecule has 0 aromatic heterocycles. The molecule has 0 bridgehead atoms. The Bertz CT molecular complexity index is 960. The molecule has 2 aliphatic heterocycles. The molecule has 29 heavy (non-hydrogen) atoms. The molecule has 1 amide bonds. The van der Waals surface area contributed by atoms with Gasteiger partial charge in [0.05, 0.1) is 21.5 Å². The summed E-state index contributed by atoms with van der Waals surface area (Å²) >= 11 is 0. The zero-order valence-corrected chi connectivity index (χ0v) is 15.7. The van der Waals surface area contributed by atoms with Crippen LogP contribution in [0.5, 0.6) is 0 Å². The zero-order chi connectivity index (χ0) is 20.5. The van der Waals surface area contributed by atoms with Crippen LogP contribution in [0.25, 0.3) is 0 Å². The van der Waals surface area contributed by atoms with Crippen molar-refractivity contribution >= 4 is 17.3 Å². The molecule has 0 saturated carbocycles. The zero-order valence-electron chi connectivity index (χ0n) is 15.7. The molecule has 1 atom stereocenters. The van der Waals surface area contributed by atoms with Gasteiger partial charge in [0.1, 0.15) is 0 Å². The van der Waals surface area contributed by atoms with E-state index in [0.717, 1.165) is 44.1 Å². The Labute approximate surface area is 166 Å². The van der Waals surface area contributed by atoms with Crippen molar-refractivity contribution in [2.24, 2.45) is 0 Å². The lowest BCUT2D eigenvalue weighted by Gasteiger charge is -2.33. The van der Waals surface area contributed by atoms with Crippen LogP contribution in [0.4, 0.5) is 11.4 Å². The molecule has 2 aromatic rings. The van der Waals surface area contributed by atoms with Crippen LogP contribution in [-0.4, -0.2) is 51.2 Å². The van der Waals surface area contributed by atoms with Gasteiger partial charge in [-0.25, -0.2) is 0 Å². The highest BCUT2D eigenvalue weighted by Gasteiger charge is 2.33. The maximum absolute atomic E-state index is 12.9. The number of nitrogens with zero attached hydrogens (tertiary/aromatic N) is 4. The average molecular weight is 396 g/mol. The second kappa shape index (κ2) is 7.59. The van der Waals surface area contributed by atoms with Crippen molar-refractivity contribution in [2.45, 2.75) is 25.4 Å². The van der Waals surface area contributed by atoms with Gasteiger partial charge in [0.25, 0.3) is 17.3 Å². The third-order valence-corrected chi connectivity index (χ3v) is 5.70. The first-order chi connectivity index (χ1) is 13.9. The second-order valence-electron chi connectivity index (χ2n) is 7.44. The third kappa shape index (κ3) is 3.81. The van der Waals surface area contributed by atoms with Crippen LogP contribution in [0.1, 0.15) is 27.9 Å². The van der Waals surface area contributed by atoms with E-state index in [1.54, 1.807) is 4.90 Å². The lowest BCUT2D eigenvalue weighted by Crippen LogP contribution is -2.41. The molecule has 0 spiro atoms. The Morgan fingerprint density at radius 3 is 2.28 bits per heavy atom. The Balaban J connectivity index is 1.49. The van der Waals surface area contributed by atoms with Crippen molar-refractivity contribution in [3.63, 3.8) is 0 Å². The molecular weight excluding hydrogens is 376 g/mol. The number of hydrogen-bond acceptors (Lipinski definition) is 6. The highest BCUT2D eigenvalue weighted by Crippen LogP contribution is 2.27. The number of non-ortho nitro benzene ring substituents is 2. The molecule has 9 heteroatoms. The molecule has 2 aliphatic rings. The van der Waals surface area contributed by atoms with Crippen molar-refractivity contribution in [2.75, 3.05) is 19.6 Å². The first-order valence-electron chi connectivity index (χ1n) is 9.46. The number of amides is 1. The van der Waals surface area contributed by atoms with Gasteiger partial charge in [0.2, 0.25) is 0 Å². The van der Waals surface area contributed by atoms with Crippen LogP contribution in [0.3, 0.4) is 0 Å². The van der Waals surface area contributed by atoms with Crippen molar-refractivity contribution in [1.82, 2.24) is 9.80 Å². The number of carbonyl (C=O) groups excluding carboxylic acids is 1. The fraction of sp³-hybridized carbons (Fsp3) is 0.350. The van der Waals surface area contributed by atoms with Crippen molar-refractivity contribution in [3.05, 3.63) is 79.4 Å². The Morgan fingerprint density at radius 1 is 0.966 bits per heavy atom. The van der Waals surface area contributed by atoms with E-state index in [9.17, 15) is 25.0 Å². The van der Waals surface area contributed by atoms with Crippen LogP contribution in [0.2, 0.25) is 0 Å². The number of rotatable bonds is 4. The van der Waals surface area contributed by atoms with Gasteiger partial charge in [-0.05, 0) is 24.0 Å². The fourth-order valence-electron chi connectivity index (χ4n) is 4.17. The maximum atomic E-state index is 12.9. The summed E-state index contributed by atoms with van der Waals surface area (Å²) in [4.78, 5) is 37.6. The molecule has 1 saturated heterocycles.